The third-order valence-electron chi connectivity index (χ3n) is 4.38. The van der Waals surface area contributed by atoms with Gasteiger partial charge in [0, 0.05) is 10.5 Å². The number of hydrogen-bond donors (Lipinski definition) is 1. The predicted molar refractivity (Wildman–Crippen MR) is 98.1 cm³/mol. The Hall–Kier alpha value is -1.03. The quantitative estimate of drug-likeness (QED) is 0.606. The van der Waals surface area contributed by atoms with Crippen LogP contribution in [0, 0.1) is 0 Å². The number of nitrogens with one attached hydrogen (secondary N) is 1. The Kier molecular flexibility index (Phi) is 7.93. The number of carbonyl (C=O) groups is 1. The summed E-state index contributed by atoms with van der Waals surface area (Å²) >= 11 is 3.46. The third-order valence-corrected chi connectivity index (χ3v) is 4.88. The summed E-state index contributed by atoms with van der Waals surface area (Å²) in [5, 5.41) is 3.17. The van der Waals surface area contributed by atoms with E-state index in [0.717, 1.165) is 23.7 Å². The maximum Gasteiger partial charge on any atom is 0.255 e. The monoisotopic (exact) mass is 381 g/mol. The molecule has 4 heteroatoms. The summed E-state index contributed by atoms with van der Waals surface area (Å²) < 4.78 is 6.77. The number of unbranched alkanes of at least 4 members (excludes halogenated alkanes) is 3. The van der Waals surface area contributed by atoms with Gasteiger partial charge in [-0.3, -0.25) is 4.79 Å². The van der Waals surface area contributed by atoms with Gasteiger partial charge in [-0.05, 0) is 37.5 Å². The van der Waals surface area contributed by atoms with Crippen LogP contribution in [0.3, 0.4) is 0 Å². The van der Waals surface area contributed by atoms with Crippen molar-refractivity contribution >= 4 is 21.8 Å². The molecule has 0 unspecified atom stereocenters. The Morgan fingerprint density at radius 2 is 2.00 bits per heavy atom. The van der Waals surface area contributed by atoms with Crippen molar-refractivity contribution in [1.29, 1.82) is 0 Å². The van der Waals surface area contributed by atoms with Crippen molar-refractivity contribution in [3.63, 3.8) is 0 Å². The predicted octanol–water partition coefficient (Wildman–Crippen LogP) is 5.47. The minimum absolute atomic E-state index is 0.0123. The van der Waals surface area contributed by atoms with E-state index in [1.807, 2.05) is 18.2 Å². The Morgan fingerprint density at radius 3 is 2.74 bits per heavy atom. The molecular weight excluding hydrogens is 354 g/mol. The first-order chi connectivity index (χ1) is 11.2. The van der Waals surface area contributed by atoms with Crippen molar-refractivity contribution in [1.82, 2.24) is 5.32 Å². The molecule has 23 heavy (non-hydrogen) atoms. The van der Waals surface area contributed by atoms with Gasteiger partial charge in [-0.25, -0.2) is 0 Å². The molecule has 0 spiro atoms. The molecule has 1 saturated carbocycles. The van der Waals surface area contributed by atoms with Crippen LogP contribution in [0.4, 0.5) is 0 Å². The normalized spacial score (nSPS) is 15.4. The molecule has 0 aromatic heterocycles. The maximum atomic E-state index is 12.6. The van der Waals surface area contributed by atoms with Gasteiger partial charge in [-0.15, -0.1) is 0 Å². The lowest BCUT2D eigenvalue weighted by Gasteiger charge is -2.23. The Labute approximate surface area is 148 Å². The van der Waals surface area contributed by atoms with E-state index in [0.29, 0.717) is 24.0 Å². The van der Waals surface area contributed by atoms with Crippen LogP contribution in [-0.4, -0.2) is 18.6 Å². The van der Waals surface area contributed by atoms with E-state index in [1.165, 1.54) is 38.5 Å². The van der Waals surface area contributed by atoms with Crippen molar-refractivity contribution in [2.24, 2.45) is 0 Å². The fourth-order valence-electron chi connectivity index (χ4n) is 3.03. The van der Waals surface area contributed by atoms with E-state index in [-0.39, 0.29) is 5.91 Å². The van der Waals surface area contributed by atoms with Crippen LogP contribution in [0.2, 0.25) is 0 Å². The molecule has 1 fully saturated rings. The van der Waals surface area contributed by atoms with Gasteiger partial charge in [-0.1, -0.05) is 61.4 Å². The molecule has 1 aliphatic rings. The second-order valence-corrected chi connectivity index (χ2v) is 7.27. The van der Waals surface area contributed by atoms with E-state index in [2.05, 4.69) is 28.2 Å². The number of amides is 1. The largest absolute Gasteiger partial charge is 0.493 e. The van der Waals surface area contributed by atoms with Crippen LogP contribution in [-0.2, 0) is 0 Å². The molecule has 0 radical (unpaired) electrons. The summed E-state index contributed by atoms with van der Waals surface area (Å²) in [4.78, 5) is 12.6. The van der Waals surface area contributed by atoms with Crippen LogP contribution in [0.25, 0.3) is 0 Å². The minimum atomic E-state index is -0.0123. The highest BCUT2D eigenvalue weighted by atomic mass is 79.9. The van der Waals surface area contributed by atoms with Crippen LogP contribution in [0.1, 0.15) is 75.1 Å². The van der Waals surface area contributed by atoms with Crippen molar-refractivity contribution < 1.29 is 9.53 Å². The topological polar surface area (TPSA) is 38.3 Å². The standard InChI is InChI=1S/C19H28BrNO2/c1-2-3-4-8-13-23-18-12-11-15(20)14-17(18)19(22)21-16-9-6-5-7-10-16/h11-12,14,16H,2-10,13H2,1H3,(H,21,22). The van der Waals surface area contributed by atoms with Gasteiger partial charge in [0.1, 0.15) is 5.75 Å². The van der Waals surface area contributed by atoms with Gasteiger partial charge in [0.05, 0.1) is 12.2 Å². The lowest BCUT2D eigenvalue weighted by molar-refractivity contribution is 0.0923. The van der Waals surface area contributed by atoms with Gasteiger partial charge in [0.15, 0.2) is 0 Å². The number of carbonyl (C=O) groups excluding carboxylic acids is 1. The van der Waals surface area contributed by atoms with E-state index in [9.17, 15) is 4.79 Å². The van der Waals surface area contributed by atoms with E-state index < -0.39 is 0 Å². The Balaban J connectivity index is 1.95. The average molecular weight is 382 g/mol. The Bertz CT molecular complexity index is 498. The van der Waals surface area contributed by atoms with E-state index >= 15 is 0 Å². The molecule has 1 N–H and O–H groups in total. The fraction of sp³-hybridized carbons (Fsp3) is 0.632. The van der Waals surface area contributed by atoms with Crippen LogP contribution in [0.15, 0.2) is 22.7 Å². The van der Waals surface area contributed by atoms with Crippen LogP contribution in [0.5, 0.6) is 5.75 Å². The van der Waals surface area contributed by atoms with Gasteiger partial charge >= 0.3 is 0 Å². The summed E-state index contributed by atoms with van der Waals surface area (Å²) in [5.41, 5.74) is 0.639. The molecule has 1 amide bonds. The SMILES string of the molecule is CCCCCCOc1ccc(Br)cc1C(=O)NC1CCCCC1. The van der Waals surface area contributed by atoms with Crippen molar-refractivity contribution in [3.8, 4) is 5.75 Å². The summed E-state index contributed by atoms with van der Waals surface area (Å²) in [6, 6.07) is 5.99. The molecule has 1 aliphatic carbocycles. The zero-order chi connectivity index (χ0) is 16.5. The molecule has 0 bridgehead atoms. The molecule has 3 nitrogen and oxygen atoms in total. The Morgan fingerprint density at radius 1 is 1.22 bits per heavy atom. The molecule has 1 aromatic rings. The lowest BCUT2D eigenvalue weighted by atomic mass is 9.95. The van der Waals surface area contributed by atoms with Crippen LogP contribution < -0.4 is 10.1 Å². The van der Waals surface area contributed by atoms with Crippen LogP contribution >= 0.6 is 15.9 Å². The molecule has 0 atom stereocenters. The molecule has 0 aliphatic heterocycles. The molecule has 0 heterocycles. The highest BCUT2D eigenvalue weighted by molar-refractivity contribution is 9.10. The summed E-state index contributed by atoms with van der Waals surface area (Å²) in [6.45, 7) is 2.87. The van der Waals surface area contributed by atoms with Gasteiger partial charge in [-0.2, -0.15) is 0 Å². The molecule has 128 valence electrons. The fourth-order valence-corrected chi connectivity index (χ4v) is 3.39. The molecule has 0 saturated heterocycles. The highest BCUT2D eigenvalue weighted by Crippen LogP contribution is 2.25. The number of hydrogen-bond acceptors (Lipinski definition) is 2. The highest BCUT2D eigenvalue weighted by Gasteiger charge is 2.19. The van der Waals surface area contributed by atoms with E-state index in [1.54, 1.807) is 0 Å². The molecule has 1 aromatic carbocycles. The number of ether oxygens (including phenoxy) is 1. The van der Waals surface area contributed by atoms with Gasteiger partial charge in [0.2, 0.25) is 0 Å². The first-order valence-electron chi connectivity index (χ1n) is 8.94. The van der Waals surface area contributed by atoms with Crippen molar-refractivity contribution in [2.75, 3.05) is 6.61 Å². The van der Waals surface area contributed by atoms with Crippen molar-refractivity contribution in [3.05, 3.63) is 28.2 Å². The zero-order valence-electron chi connectivity index (χ0n) is 14.1. The first-order valence-corrected chi connectivity index (χ1v) is 9.73. The molecular formula is C19H28BrNO2. The second kappa shape index (κ2) is 9.96. The number of halogens is 1. The van der Waals surface area contributed by atoms with Crippen molar-refractivity contribution in [2.45, 2.75) is 70.8 Å². The summed E-state index contributed by atoms with van der Waals surface area (Å²) in [6.07, 6.45) is 10.6. The number of rotatable bonds is 8. The molecule has 2 rings (SSSR count). The first kappa shape index (κ1) is 18.3. The third kappa shape index (κ3) is 6.17. The maximum absolute atomic E-state index is 12.6. The lowest BCUT2D eigenvalue weighted by Crippen LogP contribution is -2.36. The zero-order valence-corrected chi connectivity index (χ0v) is 15.7. The number of benzene rings is 1. The minimum Gasteiger partial charge on any atom is -0.493 e. The smallest absolute Gasteiger partial charge is 0.255 e. The summed E-state index contributed by atoms with van der Waals surface area (Å²) in [5.74, 6) is 0.680. The second-order valence-electron chi connectivity index (χ2n) is 6.36. The average Bonchev–Trinajstić information content (AvgIpc) is 2.56. The summed E-state index contributed by atoms with van der Waals surface area (Å²) in [7, 11) is 0. The van der Waals surface area contributed by atoms with Gasteiger partial charge < -0.3 is 10.1 Å². The van der Waals surface area contributed by atoms with E-state index in [4.69, 9.17) is 4.74 Å². The van der Waals surface area contributed by atoms with Gasteiger partial charge in [0.25, 0.3) is 5.91 Å².